The van der Waals surface area contributed by atoms with Crippen LogP contribution in [0.5, 0.6) is 0 Å². The highest BCUT2D eigenvalue weighted by atomic mass is 35.5. The SMILES string of the molecule is CC(C)(C)C(C)(C)S(=O)(=O)c1cc(Cl)cc(Cl)c1. The zero-order valence-electron chi connectivity index (χ0n) is 11.2. The molecule has 18 heavy (non-hydrogen) atoms. The standard InChI is InChI=1S/C13H18Cl2O2S/c1-12(2,3)13(4,5)18(16,17)11-7-9(14)6-10(15)8-11/h6-8H,1-5H3. The minimum Gasteiger partial charge on any atom is -0.223 e. The van der Waals surface area contributed by atoms with E-state index in [4.69, 9.17) is 23.2 Å². The molecule has 0 amide bonds. The molecule has 0 radical (unpaired) electrons. The van der Waals surface area contributed by atoms with Gasteiger partial charge in [-0.3, -0.25) is 0 Å². The van der Waals surface area contributed by atoms with Gasteiger partial charge in [0.05, 0.1) is 9.64 Å². The number of rotatable bonds is 2. The van der Waals surface area contributed by atoms with Gasteiger partial charge >= 0.3 is 0 Å². The molecule has 1 rings (SSSR count). The van der Waals surface area contributed by atoms with Crippen LogP contribution in [0.2, 0.25) is 10.0 Å². The summed E-state index contributed by atoms with van der Waals surface area (Å²) in [5, 5.41) is 0.650. The van der Waals surface area contributed by atoms with E-state index in [0.717, 1.165) is 0 Å². The number of sulfone groups is 1. The maximum atomic E-state index is 12.7. The zero-order valence-corrected chi connectivity index (χ0v) is 13.5. The first kappa shape index (κ1) is 15.8. The van der Waals surface area contributed by atoms with Gasteiger partial charge in [-0.15, -0.1) is 0 Å². The fraction of sp³-hybridized carbons (Fsp3) is 0.538. The Hall–Kier alpha value is -0.250. The summed E-state index contributed by atoms with van der Waals surface area (Å²) < 4.78 is 24.5. The van der Waals surface area contributed by atoms with Gasteiger partial charge in [0.2, 0.25) is 0 Å². The molecule has 0 saturated heterocycles. The van der Waals surface area contributed by atoms with E-state index in [1.807, 2.05) is 20.8 Å². The largest absolute Gasteiger partial charge is 0.223 e. The molecule has 102 valence electrons. The van der Waals surface area contributed by atoms with Crippen LogP contribution in [0.15, 0.2) is 23.1 Å². The number of halogens is 2. The Morgan fingerprint density at radius 3 is 1.61 bits per heavy atom. The van der Waals surface area contributed by atoms with Gasteiger partial charge in [0.15, 0.2) is 9.84 Å². The van der Waals surface area contributed by atoms with Gasteiger partial charge in [-0.2, -0.15) is 0 Å². The van der Waals surface area contributed by atoms with Crippen LogP contribution in [0, 0.1) is 5.41 Å². The summed E-state index contributed by atoms with van der Waals surface area (Å²) in [6, 6.07) is 4.40. The molecule has 1 aromatic carbocycles. The van der Waals surface area contributed by atoms with Crippen LogP contribution in [0.25, 0.3) is 0 Å². The molecule has 0 N–H and O–H groups in total. The normalized spacial score (nSPS) is 13.7. The van der Waals surface area contributed by atoms with E-state index in [2.05, 4.69) is 0 Å². The topological polar surface area (TPSA) is 34.1 Å². The molecule has 1 aromatic rings. The third kappa shape index (κ3) is 2.68. The van der Waals surface area contributed by atoms with E-state index < -0.39 is 20.0 Å². The van der Waals surface area contributed by atoms with Crippen molar-refractivity contribution in [2.75, 3.05) is 0 Å². The number of benzene rings is 1. The van der Waals surface area contributed by atoms with Crippen LogP contribution in [0.4, 0.5) is 0 Å². The maximum Gasteiger partial charge on any atom is 0.184 e. The molecule has 0 aliphatic heterocycles. The fourth-order valence-electron chi connectivity index (χ4n) is 1.38. The van der Waals surface area contributed by atoms with Crippen LogP contribution >= 0.6 is 23.2 Å². The summed E-state index contributed by atoms with van der Waals surface area (Å²) in [6.45, 7) is 9.14. The Morgan fingerprint density at radius 1 is 0.889 bits per heavy atom. The molecule has 0 saturated carbocycles. The molecule has 2 nitrogen and oxygen atoms in total. The lowest BCUT2D eigenvalue weighted by Gasteiger charge is -2.38. The number of hydrogen-bond acceptors (Lipinski definition) is 2. The second kappa shape index (κ2) is 4.69. The quantitative estimate of drug-likeness (QED) is 0.800. The summed E-state index contributed by atoms with van der Waals surface area (Å²) in [6.07, 6.45) is 0. The lowest BCUT2D eigenvalue weighted by Crippen LogP contribution is -2.44. The van der Waals surface area contributed by atoms with E-state index in [9.17, 15) is 8.42 Å². The summed E-state index contributed by atoms with van der Waals surface area (Å²) in [4.78, 5) is 0.167. The van der Waals surface area contributed by atoms with Crippen molar-refractivity contribution in [2.24, 2.45) is 5.41 Å². The van der Waals surface area contributed by atoms with E-state index in [1.165, 1.54) is 18.2 Å². The second-order valence-corrected chi connectivity index (χ2v) is 9.24. The summed E-state index contributed by atoms with van der Waals surface area (Å²) >= 11 is 11.7. The van der Waals surface area contributed by atoms with Crippen molar-refractivity contribution in [1.29, 1.82) is 0 Å². The van der Waals surface area contributed by atoms with Crippen molar-refractivity contribution in [3.05, 3.63) is 28.2 Å². The van der Waals surface area contributed by atoms with Crippen molar-refractivity contribution in [2.45, 2.75) is 44.3 Å². The fourth-order valence-corrected chi connectivity index (χ4v) is 4.00. The van der Waals surface area contributed by atoms with Gasteiger partial charge in [0.1, 0.15) is 0 Å². The second-order valence-electron chi connectivity index (χ2n) is 5.87. The lowest BCUT2D eigenvalue weighted by molar-refractivity contribution is 0.302. The monoisotopic (exact) mass is 308 g/mol. The predicted octanol–water partition coefficient (Wildman–Crippen LogP) is 4.59. The molecule has 0 fully saturated rings. The highest BCUT2D eigenvalue weighted by Crippen LogP contribution is 2.41. The molecule has 0 bridgehead atoms. The molecular weight excluding hydrogens is 291 g/mol. The van der Waals surface area contributed by atoms with E-state index in [-0.39, 0.29) is 4.90 Å². The van der Waals surface area contributed by atoms with Crippen molar-refractivity contribution < 1.29 is 8.42 Å². The first-order valence-electron chi connectivity index (χ1n) is 5.60. The van der Waals surface area contributed by atoms with Gasteiger partial charge in [0, 0.05) is 10.0 Å². The van der Waals surface area contributed by atoms with E-state index in [0.29, 0.717) is 10.0 Å². The highest BCUT2D eigenvalue weighted by Gasteiger charge is 2.45. The Balaban J connectivity index is 3.48. The minimum atomic E-state index is -3.51. The molecule has 0 spiro atoms. The Labute approximate surface area is 119 Å². The Bertz CT molecular complexity index is 535. The molecule has 0 aliphatic rings. The van der Waals surface area contributed by atoms with Crippen LogP contribution in [0.3, 0.4) is 0 Å². The first-order valence-corrected chi connectivity index (χ1v) is 7.84. The van der Waals surface area contributed by atoms with Crippen LogP contribution in [-0.4, -0.2) is 13.2 Å². The van der Waals surface area contributed by atoms with Crippen LogP contribution in [0.1, 0.15) is 34.6 Å². The van der Waals surface area contributed by atoms with Crippen molar-refractivity contribution in [3.8, 4) is 0 Å². The summed E-state index contributed by atoms with van der Waals surface area (Å²) in [7, 11) is -3.51. The van der Waals surface area contributed by atoms with Gasteiger partial charge < -0.3 is 0 Å². The molecular formula is C13H18Cl2O2S. The molecule has 5 heteroatoms. The van der Waals surface area contributed by atoms with Crippen molar-refractivity contribution >= 4 is 33.0 Å². The zero-order chi connectivity index (χ0) is 14.4. The molecule has 0 aliphatic carbocycles. The third-order valence-corrected chi connectivity index (χ3v) is 6.87. The molecule has 0 atom stereocenters. The molecule has 0 aromatic heterocycles. The smallest absolute Gasteiger partial charge is 0.184 e. The third-order valence-electron chi connectivity index (χ3n) is 3.62. The van der Waals surface area contributed by atoms with Gasteiger partial charge in [-0.25, -0.2) is 8.42 Å². The first-order chi connectivity index (χ1) is 7.89. The molecule has 0 heterocycles. The average molecular weight is 309 g/mol. The van der Waals surface area contributed by atoms with Gasteiger partial charge in [-0.05, 0) is 37.5 Å². The lowest BCUT2D eigenvalue weighted by atomic mass is 9.83. The maximum absolute atomic E-state index is 12.7. The van der Waals surface area contributed by atoms with E-state index in [1.54, 1.807) is 13.8 Å². The van der Waals surface area contributed by atoms with Crippen molar-refractivity contribution in [3.63, 3.8) is 0 Å². The summed E-state index contributed by atoms with van der Waals surface area (Å²) in [5.41, 5.74) is -0.402. The Kier molecular flexibility index (Phi) is 4.12. The van der Waals surface area contributed by atoms with Gasteiger partial charge in [-0.1, -0.05) is 44.0 Å². The predicted molar refractivity (Wildman–Crippen MR) is 77.2 cm³/mol. The Morgan fingerprint density at radius 2 is 1.28 bits per heavy atom. The van der Waals surface area contributed by atoms with Crippen LogP contribution < -0.4 is 0 Å². The average Bonchev–Trinajstić information content (AvgIpc) is 2.13. The summed E-state index contributed by atoms with van der Waals surface area (Å²) in [5.74, 6) is 0. The van der Waals surface area contributed by atoms with Gasteiger partial charge in [0.25, 0.3) is 0 Å². The van der Waals surface area contributed by atoms with Crippen LogP contribution in [-0.2, 0) is 9.84 Å². The number of hydrogen-bond donors (Lipinski definition) is 0. The van der Waals surface area contributed by atoms with Crippen molar-refractivity contribution in [1.82, 2.24) is 0 Å². The highest BCUT2D eigenvalue weighted by molar-refractivity contribution is 7.92. The minimum absolute atomic E-state index is 0.167. The van der Waals surface area contributed by atoms with E-state index >= 15 is 0 Å². The molecule has 0 unspecified atom stereocenters.